The van der Waals surface area contributed by atoms with Gasteiger partial charge in [0, 0.05) is 24.4 Å². The maximum absolute atomic E-state index is 12.2. The first-order valence-corrected chi connectivity index (χ1v) is 9.90. The molecule has 0 amide bonds. The van der Waals surface area contributed by atoms with E-state index in [0.29, 0.717) is 18.5 Å². The first-order chi connectivity index (χ1) is 9.33. The maximum Gasteiger partial charge on any atom is 0.152 e. The minimum atomic E-state index is -3.05. The van der Waals surface area contributed by atoms with E-state index in [1.807, 2.05) is 0 Å². The zero-order valence-corrected chi connectivity index (χ0v) is 14.0. The average Bonchev–Trinajstić information content (AvgIpc) is 2.83. The fourth-order valence-electron chi connectivity index (χ4n) is 4.62. The van der Waals surface area contributed by atoms with Crippen LogP contribution in [0.2, 0.25) is 0 Å². The number of hydrogen-bond acceptors (Lipinski definition) is 4. The quantitative estimate of drug-likeness (QED) is 0.860. The first kappa shape index (κ1) is 16.2. The lowest BCUT2D eigenvalue weighted by Crippen LogP contribution is -2.63. The molecule has 2 saturated carbocycles. The molecule has 4 nitrogen and oxygen atoms in total. The van der Waals surface area contributed by atoms with Gasteiger partial charge in [-0.1, -0.05) is 26.2 Å². The lowest BCUT2D eigenvalue weighted by atomic mass is 9.81. The van der Waals surface area contributed by atoms with Crippen molar-refractivity contribution >= 4 is 9.84 Å². The van der Waals surface area contributed by atoms with E-state index in [4.69, 9.17) is 5.73 Å². The Bertz CT molecular complexity index is 437. The standard InChI is InChI=1S/C15H30N2O2S/c1-12-7-4-5-8-13(12)17(2)15(11-16)10-6-9-14(15)20(3,18)19/h12-14H,4-11,16H2,1-3H3. The van der Waals surface area contributed by atoms with Gasteiger partial charge in [-0.25, -0.2) is 8.42 Å². The molecule has 4 atom stereocenters. The van der Waals surface area contributed by atoms with Gasteiger partial charge in [0.2, 0.25) is 0 Å². The summed E-state index contributed by atoms with van der Waals surface area (Å²) in [5.74, 6) is 0.637. The van der Waals surface area contributed by atoms with E-state index in [2.05, 4.69) is 18.9 Å². The molecule has 5 heteroatoms. The maximum atomic E-state index is 12.2. The van der Waals surface area contributed by atoms with Crippen LogP contribution in [0.4, 0.5) is 0 Å². The van der Waals surface area contributed by atoms with Crippen LogP contribution in [0.25, 0.3) is 0 Å². The molecule has 4 unspecified atom stereocenters. The van der Waals surface area contributed by atoms with Gasteiger partial charge in [-0.3, -0.25) is 4.90 Å². The minimum Gasteiger partial charge on any atom is -0.329 e. The highest BCUT2D eigenvalue weighted by atomic mass is 32.2. The van der Waals surface area contributed by atoms with E-state index in [0.717, 1.165) is 19.3 Å². The van der Waals surface area contributed by atoms with Crippen LogP contribution >= 0.6 is 0 Å². The summed E-state index contributed by atoms with van der Waals surface area (Å²) in [6, 6.07) is 0.481. The molecule has 2 fully saturated rings. The van der Waals surface area contributed by atoms with Gasteiger partial charge in [0.05, 0.1) is 5.25 Å². The molecule has 2 N–H and O–H groups in total. The molecule has 0 aromatic carbocycles. The molecule has 0 saturated heterocycles. The predicted octanol–water partition coefficient (Wildman–Crippen LogP) is 1.79. The van der Waals surface area contributed by atoms with E-state index in [-0.39, 0.29) is 10.8 Å². The Balaban J connectivity index is 2.29. The van der Waals surface area contributed by atoms with Crippen LogP contribution < -0.4 is 5.73 Å². The second-order valence-corrected chi connectivity index (χ2v) is 9.19. The highest BCUT2D eigenvalue weighted by Crippen LogP contribution is 2.42. The molecule has 0 heterocycles. The minimum absolute atomic E-state index is 0.292. The molecule has 0 aromatic heterocycles. The molecule has 2 rings (SSSR count). The summed E-state index contributed by atoms with van der Waals surface area (Å²) in [5.41, 5.74) is 5.76. The Kier molecular flexibility index (Phi) is 4.82. The number of rotatable bonds is 4. The highest BCUT2D eigenvalue weighted by molar-refractivity contribution is 7.91. The van der Waals surface area contributed by atoms with E-state index in [1.54, 1.807) is 0 Å². The summed E-state index contributed by atoms with van der Waals surface area (Å²) in [7, 11) is -0.931. The topological polar surface area (TPSA) is 63.4 Å². The SMILES string of the molecule is CC1CCCCC1N(C)C1(CN)CCCC1S(C)(=O)=O. The van der Waals surface area contributed by atoms with Crippen molar-refractivity contribution < 1.29 is 8.42 Å². The van der Waals surface area contributed by atoms with Crippen LogP contribution in [0.5, 0.6) is 0 Å². The van der Waals surface area contributed by atoms with Crippen LogP contribution in [0.15, 0.2) is 0 Å². The van der Waals surface area contributed by atoms with Crippen molar-refractivity contribution in [2.75, 3.05) is 19.8 Å². The molecule has 2 aliphatic rings. The molecular weight excluding hydrogens is 272 g/mol. The Morgan fingerprint density at radius 2 is 1.85 bits per heavy atom. The van der Waals surface area contributed by atoms with Gasteiger partial charge in [0.15, 0.2) is 9.84 Å². The summed E-state index contributed by atoms with van der Waals surface area (Å²) >= 11 is 0. The normalized spacial score (nSPS) is 39.4. The summed E-state index contributed by atoms with van der Waals surface area (Å²) in [6.07, 6.45) is 9.02. The van der Waals surface area contributed by atoms with Crippen LogP contribution in [-0.2, 0) is 9.84 Å². The van der Waals surface area contributed by atoms with E-state index >= 15 is 0 Å². The molecule has 0 spiro atoms. The Morgan fingerprint density at radius 3 is 2.40 bits per heavy atom. The second-order valence-electron chi connectivity index (χ2n) is 6.96. The number of nitrogens with two attached hydrogens (primary N) is 1. The van der Waals surface area contributed by atoms with Crippen molar-refractivity contribution in [3.8, 4) is 0 Å². The Labute approximate surface area is 124 Å². The third-order valence-electron chi connectivity index (χ3n) is 5.81. The van der Waals surface area contributed by atoms with Crippen molar-refractivity contribution in [1.82, 2.24) is 4.90 Å². The van der Waals surface area contributed by atoms with Crippen molar-refractivity contribution in [3.05, 3.63) is 0 Å². The Hall–Kier alpha value is -0.130. The number of sulfone groups is 1. The van der Waals surface area contributed by atoms with E-state index in [1.165, 1.54) is 31.9 Å². The summed E-state index contributed by atoms with van der Waals surface area (Å²) in [5, 5.41) is -0.292. The monoisotopic (exact) mass is 302 g/mol. The van der Waals surface area contributed by atoms with Gasteiger partial charge in [-0.2, -0.15) is 0 Å². The lowest BCUT2D eigenvalue weighted by molar-refractivity contribution is 0.0368. The molecule has 0 aliphatic heterocycles. The van der Waals surface area contributed by atoms with Crippen LogP contribution in [-0.4, -0.2) is 50.0 Å². The first-order valence-electron chi connectivity index (χ1n) is 7.95. The predicted molar refractivity (Wildman–Crippen MR) is 83.5 cm³/mol. The molecule has 118 valence electrons. The molecule has 0 radical (unpaired) electrons. The third-order valence-corrected chi connectivity index (χ3v) is 7.52. The van der Waals surface area contributed by atoms with Crippen LogP contribution in [0.3, 0.4) is 0 Å². The zero-order valence-electron chi connectivity index (χ0n) is 13.1. The second kappa shape index (κ2) is 5.93. The highest BCUT2D eigenvalue weighted by Gasteiger charge is 2.51. The number of likely N-dealkylation sites (N-methyl/N-ethyl adjacent to an activating group) is 1. The zero-order chi connectivity index (χ0) is 15.0. The van der Waals surface area contributed by atoms with E-state index < -0.39 is 9.84 Å². The van der Waals surface area contributed by atoms with Crippen molar-refractivity contribution in [2.45, 2.75) is 68.7 Å². The van der Waals surface area contributed by atoms with Crippen molar-refractivity contribution in [1.29, 1.82) is 0 Å². The van der Waals surface area contributed by atoms with Gasteiger partial charge in [-0.05, 0) is 38.6 Å². The third kappa shape index (κ3) is 2.77. The fraction of sp³-hybridized carbons (Fsp3) is 1.00. The van der Waals surface area contributed by atoms with Gasteiger partial charge >= 0.3 is 0 Å². The summed E-state index contributed by atoms with van der Waals surface area (Å²) < 4.78 is 24.4. The van der Waals surface area contributed by atoms with Gasteiger partial charge < -0.3 is 5.73 Å². The molecular formula is C15H30N2O2S. The number of hydrogen-bond donors (Lipinski definition) is 1. The number of nitrogens with zero attached hydrogens (tertiary/aromatic N) is 1. The lowest BCUT2D eigenvalue weighted by Gasteiger charge is -2.49. The van der Waals surface area contributed by atoms with Gasteiger partial charge in [0.1, 0.15) is 0 Å². The smallest absolute Gasteiger partial charge is 0.152 e. The molecule has 0 bridgehead atoms. The van der Waals surface area contributed by atoms with Gasteiger partial charge in [0.25, 0.3) is 0 Å². The fourth-order valence-corrected chi connectivity index (χ4v) is 6.39. The van der Waals surface area contributed by atoms with Gasteiger partial charge in [-0.15, -0.1) is 0 Å². The molecule has 0 aromatic rings. The summed E-state index contributed by atoms with van der Waals surface area (Å²) in [4.78, 5) is 2.36. The molecule has 20 heavy (non-hydrogen) atoms. The van der Waals surface area contributed by atoms with Crippen molar-refractivity contribution in [2.24, 2.45) is 11.7 Å². The molecule has 2 aliphatic carbocycles. The average molecular weight is 302 g/mol. The van der Waals surface area contributed by atoms with Crippen LogP contribution in [0, 0.1) is 5.92 Å². The van der Waals surface area contributed by atoms with Crippen LogP contribution in [0.1, 0.15) is 51.9 Å². The largest absolute Gasteiger partial charge is 0.329 e. The van der Waals surface area contributed by atoms with Crippen molar-refractivity contribution in [3.63, 3.8) is 0 Å². The summed E-state index contributed by atoms with van der Waals surface area (Å²) in [6.45, 7) is 2.75. The van der Waals surface area contributed by atoms with E-state index in [9.17, 15) is 8.42 Å². The Morgan fingerprint density at radius 1 is 1.20 bits per heavy atom.